The fourth-order valence-electron chi connectivity index (χ4n) is 3.23. The number of aliphatic imine (C=N–C) groups is 1. The van der Waals surface area contributed by atoms with Crippen molar-refractivity contribution in [3.8, 4) is 0 Å². The first kappa shape index (κ1) is 20.2. The Morgan fingerprint density at radius 1 is 1.42 bits per heavy atom. The molecule has 1 unspecified atom stereocenters. The van der Waals surface area contributed by atoms with E-state index in [1.807, 2.05) is 18.2 Å². The van der Waals surface area contributed by atoms with E-state index < -0.39 is 0 Å². The van der Waals surface area contributed by atoms with Gasteiger partial charge < -0.3 is 19.9 Å². The molecule has 0 saturated carbocycles. The molecule has 1 aromatic carbocycles. The van der Waals surface area contributed by atoms with Crippen molar-refractivity contribution < 1.29 is 9.53 Å². The maximum Gasteiger partial charge on any atom is 0.253 e. The van der Waals surface area contributed by atoms with Crippen LogP contribution in [0, 0.1) is 5.92 Å². The zero-order chi connectivity index (χ0) is 18.9. The molecular weight excluding hydrogens is 328 g/mol. The molecule has 1 aromatic rings. The highest BCUT2D eigenvalue weighted by molar-refractivity contribution is 5.94. The molecule has 0 radical (unpaired) electrons. The second-order valence-corrected chi connectivity index (χ2v) is 6.94. The second-order valence-electron chi connectivity index (χ2n) is 6.94. The number of hydrogen-bond acceptors (Lipinski definition) is 3. The molecule has 144 valence electrons. The van der Waals surface area contributed by atoms with E-state index in [2.05, 4.69) is 23.2 Å². The van der Waals surface area contributed by atoms with Gasteiger partial charge in [0, 0.05) is 58.9 Å². The second kappa shape index (κ2) is 10.2. The molecule has 0 aliphatic carbocycles. The minimum atomic E-state index is 0.0324. The van der Waals surface area contributed by atoms with E-state index in [0.717, 1.165) is 56.2 Å². The van der Waals surface area contributed by atoms with Crippen molar-refractivity contribution >= 4 is 11.9 Å². The first-order valence-electron chi connectivity index (χ1n) is 9.38. The lowest BCUT2D eigenvalue weighted by Gasteiger charge is -2.21. The zero-order valence-corrected chi connectivity index (χ0v) is 16.5. The van der Waals surface area contributed by atoms with Crippen LogP contribution < -0.4 is 5.32 Å². The van der Waals surface area contributed by atoms with E-state index in [-0.39, 0.29) is 5.91 Å². The number of nitrogens with one attached hydrogen (secondary N) is 1. The van der Waals surface area contributed by atoms with Gasteiger partial charge in [-0.2, -0.15) is 0 Å². The Balaban J connectivity index is 1.96. The number of nitrogens with zero attached hydrogens (tertiary/aromatic N) is 3. The number of carbonyl (C=O) groups excluding carboxylic acids is 1. The molecule has 2 rings (SSSR count). The minimum Gasteiger partial charge on any atom is -0.384 e. The van der Waals surface area contributed by atoms with E-state index in [1.54, 1.807) is 26.1 Å². The summed E-state index contributed by atoms with van der Waals surface area (Å²) in [6.07, 6.45) is 1.96. The summed E-state index contributed by atoms with van der Waals surface area (Å²) in [5, 5.41) is 3.39. The van der Waals surface area contributed by atoms with Gasteiger partial charge in [0.15, 0.2) is 5.96 Å². The lowest BCUT2D eigenvalue weighted by Crippen LogP contribution is -2.40. The number of amides is 1. The molecule has 1 atom stereocenters. The highest BCUT2D eigenvalue weighted by Crippen LogP contribution is 2.16. The van der Waals surface area contributed by atoms with E-state index in [1.165, 1.54) is 0 Å². The Kier molecular flexibility index (Phi) is 7.91. The van der Waals surface area contributed by atoms with Crippen molar-refractivity contribution in [3.05, 3.63) is 35.4 Å². The van der Waals surface area contributed by atoms with Gasteiger partial charge in [0.2, 0.25) is 0 Å². The molecule has 1 aliphatic rings. The first-order chi connectivity index (χ1) is 12.5. The quantitative estimate of drug-likeness (QED) is 0.596. The summed E-state index contributed by atoms with van der Waals surface area (Å²) in [7, 11) is 5.31. The summed E-state index contributed by atoms with van der Waals surface area (Å²) >= 11 is 0. The maximum atomic E-state index is 12.1. The lowest BCUT2D eigenvalue weighted by molar-refractivity contribution is 0.0827. The molecule has 1 saturated heterocycles. The Morgan fingerprint density at radius 3 is 2.92 bits per heavy atom. The Labute approximate surface area is 157 Å². The number of ether oxygens (including phenoxy) is 1. The van der Waals surface area contributed by atoms with E-state index in [0.29, 0.717) is 12.5 Å². The van der Waals surface area contributed by atoms with Gasteiger partial charge in [0.25, 0.3) is 5.91 Å². The maximum absolute atomic E-state index is 12.1. The predicted octanol–water partition coefficient (Wildman–Crippen LogP) is 1.86. The minimum absolute atomic E-state index is 0.0324. The van der Waals surface area contributed by atoms with Crippen molar-refractivity contribution in [1.82, 2.24) is 15.1 Å². The largest absolute Gasteiger partial charge is 0.384 e. The third kappa shape index (κ3) is 5.73. The number of guanidine groups is 1. The first-order valence-corrected chi connectivity index (χ1v) is 9.38. The van der Waals surface area contributed by atoms with Crippen LogP contribution in [0.1, 0.15) is 29.3 Å². The monoisotopic (exact) mass is 360 g/mol. The summed E-state index contributed by atoms with van der Waals surface area (Å²) < 4.78 is 5.28. The Hall–Kier alpha value is -2.08. The summed E-state index contributed by atoms with van der Waals surface area (Å²) in [5.74, 6) is 1.59. The van der Waals surface area contributed by atoms with Crippen LogP contribution in [0.15, 0.2) is 29.3 Å². The number of hydrogen-bond donors (Lipinski definition) is 1. The molecule has 1 N–H and O–H groups in total. The zero-order valence-electron chi connectivity index (χ0n) is 16.5. The molecule has 0 bridgehead atoms. The van der Waals surface area contributed by atoms with Gasteiger partial charge in [-0.25, -0.2) is 0 Å². The van der Waals surface area contributed by atoms with Crippen molar-refractivity contribution in [3.63, 3.8) is 0 Å². The van der Waals surface area contributed by atoms with Gasteiger partial charge in [0.1, 0.15) is 0 Å². The average molecular weight is 361 g/mol. The lowest BCUT2D eigenvalue weighted by atomic mass is 10.1. The molecular formula is C20H32N4O2. The van der Waals surface area contributed by atoms with Gasteiger partial charge in [0.05, 0.1) is 6.61 Å². The molecule has 1 amide bonds. The number of benzene rings is 1. The molecule has 1 heterocycles. The Morgan fingerprint density at radius 2 is 2.23 bits per heavy atom. The van der Waals surface area contributed by atoms with Crippen LogP contribution in [0.5, 0.6) is 0 Å². The van der Waals surface area contributed by atoms with Crippen LogP contribution >= 0.6 is 0 Å². The van der Waals surface area contributed by atoms with Gasteiger partial charge >= 0.3 is 0 Å². The fraction of sp³-hybridized carbons (Fsp3) is 0.600. The average Bonchev–Trinajstić information content (AvgIpc) is 3.09. The molecule has 26 heavy (non-hydrogen) atoms. The molecule has 0 aromatic heterocycles. The van der Waals surface area contributed by atoms with E-state index in [9.17, 15) is 4.79 Å². The summed E-state index contributed by atoms with van der Waals surface area (Å²) in [6, 6.07) is 7.82. The van der Waals surface area contributed by atoms with Crippen molar-refractivity contribution in [2.45, 2.75) is 19.8 Å². The van der Waals surface area contributed by atoms with Gasteiger partial charge in [-0.1, -0.05) is 12.1 Å². The highest BCUT2D eigenvalue weighted by atomic mass is 16.5. The van der Waals surface area contributed by atoms with Crippen LogP contribution in [0.3, 0.4) is 0 Å². The van der Waals surface area contributed by atoms with Gasteiger partial charge in [-0.05, 0) is 37.5 Å². The molecule has 1 aliphatic heterocycles. The number of carbonyl (C=O) groups is 1. The van der Waals surface area contributed by atoms with Crippen LogP contribution in [-0.2, 0) is 11.2 Å². The molecule has 1 fully saturated rings. The number of methoxy groups -OCH3 is 1. The van der Waals surface area contributed by atoms with E-state index >= 15 is 0 Å². The summed E-state index contributed by atoms with van der Waals surface area (Å²) in [4.78, 5) is 20.8. The smallest absolute Gasteiger partial charge is 0.253 e. The SMILES string of the molecule is CCNC(=NCCc1cccc(C(=O)N(C)C)c1)N1CCC(COC)C1. The fourth-order valence-corrected chi connectivity index (χ4v) is 3.23. The van der Waals surface area contributed by atoms with Crippen LogP contribution in [0.25, 0.3) is 0 Å². The molecule has 0 spiro atoms. The third-order valence-electron chi connectivity index (χ3n) is 4.56. The van der Waals surface area contributed by atoms with Crippen LogP contribution in [0.2, 0.25) is 0 Å². The standard InChI is InChI=1S/C20H32N4O2/c1-5-21-20(24-12-10-17(14-24)15-26-4)22-11-9-16-7-6-8-18(13-16)19(25)23(2)3/h6-8,13,17H,5,9-12,14-15H2,1-4H3,(H,21,22). The number of rotatable bonds is 7. The van der Waals surface area contributed by atoms with Crippen LogP contribution in [0.4, 0.5) is 0 Å². The van der Waals surface area contributed by atoms with Crippen molar-refractivity contribution in [2.75, 3.05) is 54.0 Å². The van der Waals surface area contributed by atoms with Crippen LogP contribution in [-0.4, -0.2) is 75.7 Å². The molecule has 6 nitrogen and oxygen atoms in total. The summed E-state index contributed by atoms with van der Waals surface area (Å²) in [6.45, 7) is 6.47. The predicted molar refractivity (Wildman–Crippen MR) is 106 cm³/mol. The number of likely N-dealkylation sites (tertiary alicyclic amines) is 1. The normalized spacial score (nSPS) is 17.5. The van der Waals surface area contributed by atoms with Crippen molar-refractivity contribution in [2.24, 2.45) is 10.9 Å². The molecule has 6 heteroatoms. The Bertz CT molecular complexity index is 616. The third-order valence-corrected chi connectivity index (χ3v) is 4.56. The highest BCUT2D eigenvalue weighted by Gasteiger charge is 2.24. The summed E-state index contributed by atoms with van der Waals surface area (Å²) in [5.41, 5.74) is 1.86. The van der Waals surface area contributed by atoms with E-state index in [4.69, 9.17) is 9.73 Å². The van der Waals surface area contributed by atoms with Gasteiger partial charge in [-0.15, -0.1) is 0 Å². The topological polar surface area (TPSA) is 57.2 Å². The van der Waals surface area contributed by atoms with Crippen molar-refractivity contribution in [1.29, 1.82) is 0 Å². The van der Waals surface area contributed by atoms with Gasteiger partial charge in [-0.3, -0.25) is 9.79 Å².